The molecule has 0 radical (unpaired) electrons. The number of hydrogen-bond acceptors (Lipinski definition) is 5. The van der Waals surface area contributed by atoms with E-state index < -0.39 is 11.7 Å². The Hall–Kier alpha value is -2.91. The van der Waals surface area contributed by atoms with Gasteiger partial charge in [-0.1, -0.05) is 25.8 Å². The zero-order valence-electron chi connectivity index (χ0n) is 21.8. The van der Waals surface area contributed by atoms with E-state index in [-0.39, 0.29) is 41.6 Å². The SMILES string of the molecule is C=C(C(NC(=O)[C@H](C)N)C1CCCCC1)N1CC[C@H]2N(C(C)=O)C[C@H](c3c[nH]c4cc(F)ccc34)[C@]21N. The van der Waals surface area contributed by atoms with Crippen molar-refractivity contribution in [2.75, 3.05) is 13.1 Å². The number of carbonyl (C=O) groups is 2. The van der Waals surface area contributed by atoms with E-state index in [0.29, 0.717) is 25.0 Å². The first-order valence-corrected chi connectivity index (χ1v) is 13.5. The van der Waals surface area contributed by atoms with E-state index in [0.717, 1.165) is 42.3 Å². The molecule has 200 valence electrons. The molecule has 8 nitrogen and oxygen atoms in total. The van der Waals surface area contributed by atoms with Gasteiger partial charge in [0.05, 0.1) is 18.1 Å². The fourth-order valence-corrected chi connectivity index (χ4v) is 7.04. The summed E-state index contributed by atoms with van der Waals surface area (Å²) in [5.74, 6) is -0.503. The Balaban J connectivity index is 1.54. The highest BCUT2D eigenvalue weighted by Crippen LogP contribution is 2.50. The van der Waals surface area contributed by atoms with Gasteiger partial charge in [0, 0.05) is 48.7 Å². The van der Waals surface area contributed by atoms with Crippen LogP contribution in [0.3, 0.4) is 0 Å². The van der Waals surface area contributed by atoms with Gasteiger partial charge in [0.2, 0.25) is 11.8 Å². The molecule has 1 unspecified atom stereocenters. The molecule has 5 rings (SSSR count). The van der Waals surface area contributed by atoms with Crippen LogP contribution < -0.4 is 16.8 Å². The minimum atomic E-state index is -0.918. The third-order valence-corrected chi connectivity index (χ3v) is 8.94. The van der Waals surface area contributed by atoms with Crippen LogP contribution in [-0.4, -0.2) is 63.5 Å². The van der Waals surface area contributed by atoms with Crippen molar-refractivity contribution < 1.29 is 14.0 Å². The molecule has 1 saturated carbocycles. The molecule has 0 bridgehead atoms. The highest BCUT2D eigenvalue weighted by atomic mass is 19.1. The van der Waals surface area contributed by atoms with Gasteiger partial charge in [-0.2, -0.15) is 0 Å². The van der Waals surface area contributed by atoms with Crippen molar-refractivity contribution in [3.63, 3.8) is 0 Å². The Morgan fingerprint density at radius 2 is 1.97 bits per heavy atom. The predicted molar refractivity (Wildman–Crippen MR) is 142 cm³/mol. The number of likely N-dealkylation sites (tertiary alicyclic amines) is 2. The Kier molecular flexibility index (Phi) is 6.79. The van der Waals surface area contributed by atoms with Crippen molar-refractivity contribution in [3.05, 3.63) is 48.1 Å². The number of rotatable bonds is 6. The largest absolute Gasteiger partial charge is 0.361 e. The zero-order chi connectivity index (χ0) is 26.5. The number of halogens is 1. The molecule has 3 heterocycles. The van der Waals surface area contributed by atoms with E-state index in [1.54, 1.807) is 19.9 Å². The highest BCUT2D eigenvalue weighted by Gasteiger charge is 2.61. The molecule has 1 aromatic carbocycles. The molecule has 5 atom stereocenters. The quantitative estimate of drug-likeness (QED) is 0.476. The maximum absolute atomic E-state index is 13.9. The summed E-state index contributed by atoms with van der Waals surface area (Å²) >= 11 is 0. The number of aromatic amines is 1. The third-order valence-electron chi connectivity index (χ3n) is 8.94. The second kappa shape index (κ2) is 9.76. The molecule has 2 amide bonds. The van der Waals surface area contributed by atoms with Crippen LogP contribution in [0.2, 0.25) is 0 Å². The highest BCUT2D eigenvalue weighted by molar-refractivity contribution is 5.85. The summed E-state index contributed by atoms with van der Waals surface area (Å²) in [6, 6.07) is 3.59. The lowest BCUT2D eigenvalue weighted by molar-refractivity contribution is -0.130. The molecule has 3 fully saturated rings. The number of benzene rings is 1. The molecule has 2 aliphatic heterocycles. The van der Waals surface area contributed by atoms with E-state index in [4.69, 9.17) is 11.5 Å². The first-order chi connectivity index (χ1) is 17.6. The number of amides is 2. The molecule has 9 heteroatoms. The molecule has 6 N–H and O–H groups in total. The van der Waals surface area contributed by atoms with Crippen molar-refractivity contribution in [1.82, 2.24) is 20.1 Å². The topological polar surface area (TPSA) is 120 Å². The van der Waals surface area contributed by atoms with E-state index in [1.807, 2.05) is 11.1 Å². The molecule has 1 aromatic heterocycles. The number of nitrogens with two attached hydrogens (primary N) is 2. The summed E-state index contributed by atoms with van der Waals surface area (Å²) < 4.78 is 13.9. The third kappa shape index (κ3) is 4.32. The number of nitrogens with one attached hydrogen (secondary N) is 2. The van der Waals surface area contributed by atoms with Crippen LogP contribution in [-0.2, 0) is 9.59 Å². The van der Waals surface area contributed by atoms with Crippen LogP contribution in [0.4, 0.5) is 4.39 Å². The molecule has 2 saturated heterocycles. The Bertz CT molecular complexity index is 1200. The average Bonchev–Trinajstić information content (AvgIpc) is 3.51. The number of nitrogens with zero attached hydrogens (tertiary/aromatic N) is 2. The molecule has 1 aliphatic carbocycles. The van der Waals surface area contributed by atoms with Crippen LogP contribution in [0.25, 0.3) is 10.9 Å². The fourth-order valence-electron chi connectivity index (χ4n) is 7.04. The van der Waals surface area contributed by atoms with Gasteiger partial charge in [0.1, 0.15) is 11.5 Å². The smallest absolute Gasteiger partial charge is 0.237 e. The lowest BCUT2D eigenvalue weighted by atomic mass is 9.81. The molecule has 37 heavy (non-hydrogen) atoms. The standard InChI is InChI=1S/C28H39FN6O2/c1-16(30)27(37)33-26(19-7-5-4-6-8-19)17(2)35-12-11-25-28(35,31)23(15-34(25)18(3)36)22-14-32-24-13-20(29)9-10-21(22)24/h9-10,13-14,16,19,23,25-26,32H,2,4-8,11-12,15,30-31H2,1,3H3,(H,33,37)/t16-,23+,25+,26?,28+/m0/s1. The van der Waals surface area contributed by atoms with Crippen LogP contribution >= 0.6 is 0 Å². The Morgan fingerprint density at radius 1 is 1.24 bits per heavy atom. The summed E-state index contributed by atoms with van der Waals surface area (Å²) in [5, 5.41) is 4.09. The number of hydrogen-bond donors (Lipinski definition) is 4. The van der Waals surface area contributed by atoms with Crippen molar-refractivity contribution in [2.45, 2.75) is 82.1 Å². The first kappa shape index (κ1) is 25.7. The van der Waals surface area contributed by atoms with Gasteiger partial charge in [0.15, 0.2) is 0 Å². The molecule has 3 aliphatic rings. The molecule has 0 spiro atoms. The Morgan fingerprint density at radius 3 is 2.65 bits per heavy atom. The van der Waals surface area contributed by atoms with Gasteiger partial charge in [-0.3, -0.25) is 9.59 Å². The number of aromatic nitrogens is 1. The number of fused-ring (bicyclic) bond motifs is 2. The van der Waals surface area contributed by atoms with Crippen LogP contribution in [0.1, 0.15) is 63.9 Å². The van der Waals surface area contributed by atoms with E-state index in [1.165, 1.54) is 18.6 Å². The lowest BCUT2D eigenvalue weighted by Gasteiger charge is -2.45. The van der Waals surface area contributed by atoms with Crippen molar-refractivity contribution in [2.24, 2.45) is 17.4 Å². The van der Waals surface area contributed by atoms with Gasteiger partial charge < -0.3 is 31.6 Å². The first-order valence-electron chi connectivity index (χ1n) is 13.5. The summed E-state index contributed by atoms with van der Waals surface area (Å²) in [5.41, 5.74) is 14.8. The van der Waals surface area contributed by atoms with Gasteiger partial charge in [-0.25, -0.2) is 4.39 Å². The van der Waals surface area contributed by atoms with E-state index in [9.17, 15) is 14.0 Å². The van der Waals surface area contributed by atoms with Crippen molar-refractivity contribution in [3.8, 4) is 0 Å². The number of H-pyrrole nitrogens is 1. The second-order valence-electron chi connectivity index (χ2n) is 11.2. The van der Waals surface area contributed by atoms with Crippen LogP contribution in [0.5, 0.6) is 0 Å². The normalized spacial score (nSPS) is 27.8. The van der Waals surface area contributed by atoms with E-state index in [2.05, 4.69) is 21.8 Å². The maximum Gasteiger partial charge on any atom is 0.237 e. The minimum absolute atomic E-state index is 0.0187. The van der Waals surface area contributed by atoms with Crippen LogP contribution in [0, 0.1) is 11.7 Å². The van der Waals surface area contributed by atoms with Gasteiger partial charge in [0.25, 0.3) is 0 Å². The molecule has 2 aromatic rings. The average molecular weight is 511 g/mol. The fraction of sp³-hybridized carbons (Fsp3) is 0.571. The van der Waals surface area contributed by atoms with Gasteiger partial charge in [-0.15, -0.1) is 0 Å². The molecular formula is C28H39FN6O2. The minimum Gasteiger partial charge on any atom is -0.361 e. The second-order valence-corrected chi connectivity index (χ2v) is 11.2. The van der Waals surface area contributed by atoms with Crippen molar-refractivity contribution >= 4 is 22.7 Å². The monoisotopic (exact) mass is 510 g/mol. The summed E-state index contributed by atoms with van der Waals surface area (Å²) in [4.78, 5) is 32.7. The predicted octanol–water partition coefficient (Wildman–Crippen LogP) is 2.91. The van der Waals surface area contributed by atoms with Crippen molar-refractivity contribution in [1.29, 1.82) is 0 Å². The van der Waals surface area contributed by atoms with Crippen LogP contribution in [0.15, 0.2) is 36.7 Å². The lowest BCUT2D eigenvalue weighted by Crippen LogP contribution is -2.62. The number of carbonyl (C=O) groups excluding carboxylic acids is 2. The Labute approximate surface area is 217 Å². The van der Waals surface area contributed by atoms with Gasteiger partial charge >= 0.3 is 0 Å². The summed E-state index contributed by atoms with van der Waals surface area (Å²) in [6.45, 7) is 8.88. The van der Waals surface area contributed by atoms with Gasteiger partial charge in [-0.05, 0) is 55.9 Å². The zero-order valence-corrected chi connectivity index (χ0v) is 21.8. The van der Waals surface area contributed by atoms with E-state index >= 15 is 0 Å². The summed E-state index contributed by atoms with van der Waals surface area (Å²) in [6.07, 6.45) is 8.04. The maximum atomic E-state index is 13.9. The summed E-state index contributed by atoms with van der Waals surface area (Å²) in [7, 11) is 0. The molecular weight excluding hydrogens is 471 g/mol.